The van der Waals surface area contributed by atoms with Crippen molar-refractivity contribution in [2.45, 2.75) is 12.8 Å². The molecule has 0 spiro atoms. The Labute approximate surface area is 151 Å². The molecule has 0 radical (unpaired) electrons. The topological polar surface area (TPSA) is 67.5 Å². The molecule has 1 unspecified atom stereocenters. The van der Waals surface area contributed by atoms with Gasteiger partial charge in [-0.3, -0.25) is 4.79 Å². The van der Waals surface area contributed by atoms with Crippen LogP contribution in [-0.2, 0) is 9.53 Å². The first-order valence-electron chi connectivity index (χ1n) is 8.60. The zero-order valence-corrected chi connectivity index (χ0v) is 15.1. The third kappa shape index (κ3) is 2.63. The maximum Gasteiger partial charge on any atom is 0.234 e. The molecular weight excluding hydrogens is 330 g/mol. The highest BCUT2D eigenvalue weighted by Gasteiger charge is 2.34. The number of methoxy groups -OCH3 is 2. The molecule has 2 aromatic carbocycles. The lowest BCUT2D eigenvalue weighted by Crippen LogP contribution is -2.31. The number of imidazole rings is 1. The summed E-state index contributed by atoms with van der Waals surface area (Å²) in [5, 5.41) is 0. The Balaban J connectivity index is 1.75. The third-order valence-corrected chi connectivity index (χ3v) is 4.91. The number of hydrogen-bond acceptors (Lipinski definition) is 4. The first-order chi connectivity index (χ1) is 12.6. The fourth-order valence-corrected chi connectivity index (χ4v) is 3.43. The van der Waals surface area contributed by atoms with Crippen molar-refractivity contribution >= 4 is 22.6 Å². The van der Waals surface area contributed by atoms with E-state index >= 15 is 0 Å². The van der Waals surface area contributed by atoms with Crippen molar-refractivity contribution in [1.82, 2.24) is 9.97 Å². The van der Waals surface area contributed by atoms with E-state index < -0.39 is 0 Å². The van der Waals surface area contributed by atoms with E-state index in [2.05, 4.69) is 4.98 Å². The second-order valence-corrected chi connectivity index (χ2v) is 6.45. The molecule has 0 fully saturated rings. The smallest absolute Gasteiger partial charge is 0.234 e. The van der Waals surface area contributed by atoms with Crippen molar-refractivity contribution in [2.24, 2.45) is 0 Å². The van der Waals surface area contributed by atoms with Crippen LogP contribution >= 0.6 is 0 Å². The van der Waals surface area contributed by atoms with Crippen LogP contribution in [0, 0.1) is 0 Å². The first kappa shape index (κ1) is 16.6. The lowest BCUT2D eigenvalue weighted by molar-refractivity contribution is -0.119. The molecule has 2 heterocycles. The number of hydrogen-bond donors (Lipinski definition) is 1. The van der Waals surface area contributed by atoms with Crippen molar-refractivity contribution in [3.05, 3.63) is 42.0 Å². The lowest BCUT2D eigenvalue weighted by atomic mass is 10.0. The summed E-state index contributed by atoms with van der Waals surface area (Å²) < 4.78 is 10.3. The number of fused-ring (bicyclic) bond motifs is 2. The highest BCUT2D eigenvalue weighted by molar-refractivity contribution is 6.07. The van der Waals surface area contributed by atoms with E-state index in [0.29, 0.717) is 13.2 Å². The van der Waals surface area contributed by atoms with Gasteiger partial charge in [-0.15, -0.1) is 0 Å². The molecule has 26 heavy (non-hydrogen) atoms. The monoisotopic (exact) mass is 351 g/mol. The maximum atomic E-state index is 12.5. The quantitative estimate of drug-likeness (QED) is 0.766. The average molecular weight is 351 g/mol. The normalized spacial score (nSPS) is 16.3. The molecule has 1 aliphatic heterocycles. The van der Waals surface area contributed by atoms with Gasteiger partial charge in [-0.25, -0.2) is 4.98 Å². The molecule has 1 atom stereocenters. The molecule has 0 saturated heterocycles. The molecule has 3 aromatic rings. The number of carbonyl (C=O) groups excluding carboxylic acids is 1. The van der Waals surface area contributed by atoms with Crippen LogP contribution < -0.4 is 9.64 Å². The summed E-state index contributed by atoms with van der Waals surface area (Å²) in [5.41, 5.74) is 4.73. The van der Waals surface area contributed by atoms with Gasteiger partial charge in [0.2, 0.25) is 5.91 Å². The largest absolute Gasteiger partial charge is 0.497 e. The Bertz CT molecular complexity index is 962. The second-order valence-electron chi connectivity index (χ2n) is 6.45. The van der Waals surface area contributed by atoms with Crippen LogP contribution in [0.1, 0.15) is 18.4 Å². The van der Waals surface area contributed by atoms with Crippen LogP contribution in [-0.4, -0.2) is 43.2 Å². The molecule has 4 rings (SSSR count). The third-order valence-electron chi connectivity index (χ3n) is 4.91. The summed E-state index contributed by atoms with van der Waals surface area (Å²) in [6.07, 6.45) is 0. The van der Waals surface area contributed by atoms with Crippen LogP contribution in [0.3, 0.4) is 0 Å². The number of ether oxygens (including phenoxy) is 2. The number of amides is 1. The summed E-state index contributed by atoms with van der Waals surface area (Å²) in [7, 11) is 3.29. The molecule has 0 bridgehead atoms. The van der Waals surface area contributed by atoms with Crippen LogP contribution in [0.4, 0.5) is 5.69 Å². The molecule has 134 valence electrons. The summed E-state index contributed by atoms with van der Waals surface area (Å²) in [6, 6.07) is 11.8. The minimum Gasteiger partial charge on any atom is -0.497 e. The second kappa shape index (κ2) is 6.46. The zero-order valence-electron chi connectivity index (χ0n) is 15.1. The Morgan fingerprint density at radius 3 is 2.65 bits per heavy atom. The van der Waals surface area contributed by atoms with Gasteiger partial charge in [0.15, 0.2) is 0 Å². The number of anilines is 1. The SMILES string of the molecule is COCCN1C(=O)C(C)c2cc3[nH]c(-c4ccc(OC)cc4)nc3cc21. The Morgan fingerprint density at radius 2 is 1.96 bits per heavy atom. The van der Waals surface area contributed by atoms with Crippen LogP contribution in [0.25, 0.3) is 22.4 Å². The molecule has 1 N–H and O–H groups in total. The number of nitrogens with one attached hydrogen (secondary N) is 1. The van der Waals surface area contributed by atoms with Crippen molar-refractivity contribution in [2.75, 3.05) is 32.3 Å². The number of aromatic nitrogens is 2. The van der Waals surface area contributed by atoms with Gasteiger partial charge in [0.25, 0.3) is 0 Å². The van der Waals surface area contributed by atoms with Crippen molar-refractivity contribution in [3.8, 4) is 17.1 Å². The van der Waals surface area contributed by atoms with Gasteiger partial charge in [0.1, 0.15) is 11.6 Å². The number of nitrogens with zero attached hydrogens (tertiary/aromatic N) is 2. The average Bonchev–Trinajstić information content (AvgIpc) is 3.18. The standard InChI is InChI=1S/C20H21N3O3/c1-12-15-10-16-17(11-18(15)23(20(12)24)8-9-25-2)22-19(21-16)13-4-6-14(26-3)7-5-13/h4-7,10-12H,8-9H2,1-3H3,(H,21,22). The van der Waals surface area contributed by atoms with Gasteiger partial charge in [-0.2, -0.15) is 0 Å². The number of benzene rings is 2. The number of H-pyrrole nitrogens is 1. The Hall–Kier alpha value is -2.86. The molecule has 1 aromatic heterocycles. The molecule has 0 saturated carbocycles. The predicted octanol–water partition coefficient (Wildman–Crippen LogP) is 3.34. The molecule has 6 nitrogen and oxygen atoms in total. The number of rotatable bonds is 5. The molecule has 1 amide bonds. The van der Waals surface area contributed by atoms with Gasteiger partial charge < -0.3 is 19.4 Å². The van der Waals surface area contributed by atoms with Crippen LogP contribution in [0.5, 0.6) is 5.75 Å². The van der Waals surface area contributed by atoms with E-state index in [-0.39, 0.29) is 11.8 Å². The minimum absolute atomic E-state index is 0.111. The van der Waals surface area contributed by atoms with Gasteiger partial charge >= 0.3 is 0 Å². The van der Waals surface area contributed by atoms with E-state index in [1.807, 2.05) is 43.3 Å². The van der Waals surface area contributed by atoms with Crippen molar-refractivity contribution in [3.63, 3.8) is 0 Å². The number of aromatic amines is 1. The predicted molar refractivity (Wildman–Crippen MR) is 101 cm³/mol. The van der Waals surface area contributed by atoms with E-state index in [1.54, 1.807) is 19.1 Å². The Kier molecular flexibility index (Phi) is 4.12. The van der Waals surface area contributed by atoms with Crippen LogP contribution in [0.2, 0.25) is 0 Å². The fraction of sp³-hybridized carbons (Fsp3) is 0.300. The highest BCUT2D eigenvalue weighted by atomic mass is 16.5. The van der Waals surface area contributed by atoms with E-state index in [4.69, 9.17) is 14.5 Å². The summed E-state index contributed by atoms with van der Waals surface area (Å²) in [6.45, 7) is 3.00. The Morgan fingerprint density at radius 1 is 1.19 bits per heavy atom. The van der Waals surface area contributed by atoms with Crippen molar-refractivity contribution in [1.29, 1.82) is 0 Å². The highest BCUT2D eigenvalue weighted by Crippen LogP contribution is 2.39. The van der Waals surface area contributed by atoms with Gasteiger partial charge in [0, 0.05) is 19.2 Å². The summed E-state index contributed by atoms with van der Waals surface area (Å²) >= 11 is 0. The van der Waals surface area contributed by atoms with Gasteiger partial charge in [-0.05, 0) is 48.9 Å². The minimum atomic E-state index is -0.154. The summed E-state index contributed by atoms with van der Waals surface area (Å²) in [4.78, 5) is 22.4. The molecule has 6 heteroatoms. The molecule has 0 aliphatic carbocycles. The lowest BCUT2D eigenvalue weighted by Gasteiger charge is -2.16. The van der Waals surface area contributed by atoms with E-state index in [0.717, 1.165) is 39.4 Å². The van der Waals surface area contributed by atoms with Crippen LogP contribution in [0.15, 0.2) is 36.4 Å². The van der Waals surface area contributed by atoms with Gasteiger partial charge in [-0.1, -0.05) is 0 Å². The summed E-state index contributed by atoms with van der Waals surface area (Å²) in [5.74, 6) is 1.57. The maximum absolute atomic E-state index is 12.5. The van der Waals surface area contributed by atoms with E-state index in [1.165, 1.54) is 0 Å². The fourth-order valence-electron chi connectivity index (χ4n) is 3.43. The molecular formula is C20H21N3O3. The molecule has 1 aliphatic rings. The number of carbonyl (C=O) groups is 1. The van der Waals surface area contributed by atoms with E-state index in [9.17, 15) is 4.79 Å². The zero-order chi connectivity index (χ0) is 18.3. The van der Waals surface area contributed by atoms with Crippen molar-refractivity contribution < 1.29 is 14.3 Å². The first-order valence-corrected chi connectivity index (χ1v) is 8.60. The van der Waals surface area contributed by atoms with Gasteiger partial charge in [0.05, 0.1) is 36.4 Å².